The molecule has 2 heterocycles. The maximum absolute atomic E-state index is 2.42. The minimum Gasteiger partial charge on any atom is -0.309 e. The van der Waals surface area contributed by atoms with Crippen molar-refractivity contribution < 1.29 is 0 Å². The first-order chi connectivity index (χ1) is 26.8. The molecule has 0 bridgehead atoms. The van der Waals surface area contributed by atoms with Gasteiger partial charge in [-0.05, 0) is 121 Å². The van der Waals surface area contributed by atoms with Gasteiger partial charge in [-0.3, -0.25) is 0 Å². The number of rotatable bonds is 4. The van der Waals surface area contributed by atoms with Crippen LogP contribution >= 0.6 is 11.3 Å². The molecule has 11 aromatic rings. The molecule has 12 rings (SSSR count). The quantitative estimate of drug-likeness (QED) is 0.172. The fraction of sp³-hybridized carbons (Fsp3) is 0. The largest absolute Gasteiger partial charge is 0.309 e. The van der Waals surface area contributed by atoms with Crippen molar-refractivity contribution in [3.8, 4) is 61.3 Å². The summed E-state index contributed by atoms with van der Waals surface area (Å²) in [5.74, 6) is 0. The van der Waals surface area contributed by atoms with Crippen LogP contribution in [0.15, 0.2) is 188 Å². The number of benzene rings is 9. The van der Waals surface area contributed by atoms with Crippen LogP contribution in [0.3, 0.4) is 0 Å². The van der Waals surface area contributed by atoms with Gasteiger partial charge in [0, 0.05) is 36.6 Å². The molecule has 250 valence electrons. The van der Waals surface area contributed by atoms with Crippen molar-refractivity contribution >= 4 is 64.1 Å². The zero-order valence-electron chi connectivity index (χ0n) is 29.3. The highest BCUT2D eigenvalue weighted by Crippen LogP contribution is 2.50. The van der Waals surface area contributed by atoms with Crippen LogP contribution in [0.2, 0.25) is 0 Å². The number of fused-ring (bicyclic) bond motifs is 9. The SMILES string of the molecule is c1ccc(-c2ccc3c(c2)-c2cccc4c(-c5ccc(-n6c7ccccc7c7cc(-c8ccc9sc%10ccccc%10c9c8)ccc76)cc5)ccc-3c24)cc1. The average Bonchev–Trinajstić information content (AvgIpc) is 3.89. The first kappa shape index (κ1) is 29.8. The van der Waals surface area contributed by atoms with Gasteiger partial charge in [-0.25, -0.2) is 0 Å². The van der Waals surface area contributed by atoms with E-state index < -0.39 is 0 Å². The lowest BCUT2D eigenvalue weighted by Gasteiger charge is -2.12. The molecule has 0 spiro atoms. The summed E-state index contributed by atoms with van der Waals surface area (Å²) in [6.07, 6.45) is 0. The zero-order valence-corrected chi connectivity index (χ0v) is 30.1. The molecule has 2 heteroatoms. The summed E-state index contributed by atoms with van der Waals surface area (Å²) in [6.45, 7) is 0. The number of nitrogens with zero attached hydrogens (tertiary/aromatic N) is 1. The van der Waals surface area contributed by atoms with Crippen molar-refractivity contribution in [2.45, 2.75) is 0 Å². The molecule has 1 aliphatic carbocycles. The second-order valence-electron chi connectivity index (χ2n) is 14.5. The molecular formula is C52H31NS. The molecule has 0 N–H and O–H groups in total. The highest BCUT2D eigenvalue weighted by Gasteiger charge is 2.23. The minimum atomic E-state index is 1.16. The Hall–Kier alpha value is -6.74. The van der Waals surface area contributed by atoms with Crippen molar-refractivity contribution in [1.29, 1.82) is 0 Å². The summed E-state index contributed by atoms with van der Waals surface area (Å²) in [7, 11) is 0. The molecule has 0 fully saturated rings. The van der Waals surface area contributed by atoms with Crippen LogP contribution in [-0.4, -0.2) is 4.57 Å². The van der Waals surface area contributed by atoms with E-state index in [0.717, 1.165) is 5.69 Å². The van der Waals surface area contributed by atoms with E-state index in [4.69, 9.17) is 0 Å². The highest BCUT2D eigenvalue weighted by atomic mass is 32.1. The van der Waals surface area contributed by atoms with Crippen LogP contribution in [0.5, 0.6) is 0 Å². The zero-order chi connectivity index (χ0) is 35.3. The van der Waals surface area contributed by atoms with E-state index >= 15 is 0 Å². The maximum Gasteiger partial charge on any atom is 0.0541 e. The summed E-state index contributed by atoms with van der Waals surface area (Å²) in [5.41, 5.74) is 16.4. The molecule has 0 saturated heterocycles. The van der Waals surface area contributed by atoms with Crippen molar-refractivity contribution in [3.63, 3.8) is 0 Å². The third kappa shape index (κ3) is 4.32. The predicted molar refractivity (Wildman–Crippen MR) is 232 cm³/mol. The molecule has 9 aromatic carbocycles. The van der Waals surface area contributed by atoms with Gasteiger partial charge in [-0.2, -0.15) is 0 Å². The molecule has 1 nitrogen and oxygen atoms in total. The molecular weight excluding hydrogens is 671 g/mol. The predicted octanol–water partition coefficient (Wildman–Crippen LogP) is 15.0. The van der Waals surface area contributed by atoms with Gasteiger partial charge >= 0.3 is 0 Å². The Labute approximate surface area is 316 Å². The van der Waals surface area contributed by atoms with Gasteiger partial charge in [-0.15, -0.1) is 11.3 Å². The van der Waals surface area contributed by atoms with E-state index in [1.807, 2.05) is 11.3 Å². The summed E-state index contributed by atoms with van der Waals surface area (Å²) >= 11 is 1.87. The molecule has 0 aliphatic heterocycles. The monoisotopic (exact) mass is 701 g/mol. The fourth-order valence-electron chi connectivity index (χ4n) is 9.05. The smallest absolute Gasteiger partial charge is 0.0541 e. The number of hydrogen-bond donors (Lipinski definition) is 0. The number of aromatic nitrogens is 1. The van der Waals surface area contributed by atoms with Crippen LogP contribution in [0.1, 0.15) is 0 Å². The molecule has 0 saturated carbocycles. The second-order valence-corrected chi connectivity index (χ2v) is 15.5. The standard InChI is InChI=1S/C52H31NS/c1-2-9-32(10-3-1)34-19-24-39-44-26-25-38(42-13-8-14-43(52(42)44)45(39)29-34)33-17-22-37(23-18-33)53-48-15-6-4-11-40(48)46-30-35(20-27-49(46)53)36-21-28-51-47(31-36)41-12-5-7-16-50(41)54-51/h1-31H. The van der Waals surface area contributed by atoms with Crippen molar-refractivity contribution in [3.05, 3.63) is 188 Å². The Morgan fingerprint density at radius 2 is 0.907 bits per heavy atom. The van der Waals surface area contributed by atoms with Gasteiger partial charge in [0.2, 0.25) is 0 Å². The average molecular weight is 702 g/mol. The lowest BCUT2D eigenvalue weighted by molar-refractivity contribution is 1.18. The van der Waals surface area contributed by atoms with E-state index in [2.05, 4.69) is 193 Å². The minimum absolute atomic E-state index is 1.16. The number of thiophene rings is 1. The Morgan fingerprint density at radius 3 is 1.80 bits per heavy atom. The van der Waals surface area contributed by atoms with Gasteiger partial charge in [0.25, 0.3) is 0 Å². The van der Waals surface area contributed by atoms with E-state index in [0.29, 0.717) is 0 Å². The van der Waals surface area contributed by atoms with Gasteiger partial charge < -0.3 is 4.57 Å². The third-order valence-electron chi connectivity index (χ3n) is 11.6. The summed E-state index contributed by atoms with van der Waals surface area (Å²) in [5, 5.41) is 7.85. The van der Waals surface area contributed by atoms with E-state index in [1.165, 1.54) is 108 Å². The van der Waals surface area contributed by atoms with Crippen molar-refractivity contribution in [2.75, 3.05) is 0 Å². The van der Waals surface area contributed by atoms with E-state index in [-0.39, 0.29) is 0 Å². The lowest BCUT2D eigenvalue weighted by atomic mass is 9.94. The summed E-state index contributed by atoms with van der Waals surface area (Å²) in [4.78, 5) is 0. The van der Waals surface area contributed by atoms with Gasteiger partial charge in [0.15, 0.2) is 0 Å². The molecule has 0 amide bonds. The molecule has 2 aromatic heterocycles. The molecule has 1 aliphatic rings. The van der Waals surface area contributed by atoms with Crippen LogP contribution in [0, 0.1) is 0 Å². The normalized spacial score (nSPS) is 12.1. The Bertz CT molecular complexity index is 3310. The summed E-state index contributed by atoms with van der Waals surface area (Å²) in [6, 6.07) is 69.7. The molecule has 54 heavy (non-hydrogen) atoms. The first-order valence-electron chi connectivity index (χ1n) is 18.6. The molecule has 0 atom stereocenters. The lowest BCUT2D eigenvalue weighted by Crippen LogP contribution is -1.94. The highest BCUT2D eigenvalue weighted by molar-refractivity contribution is 7.25. The Kier molecular flexibility index (Phi) is 6.28. The van der Waals surface area contributed by atoms with Crippen LogP contribution < -0.4 is 0 Å². The molecule has 0 unspecified atom stereocenters. The fourth-order valence-corrected chi connectivity index (χ4v) is 10.1. The van der Waals surface area contributed by atoms with Gasteiger partial charge in [-0.1, -0.05) is 133 Å². The maximum atomic E-state index is 2.42. The second kappa shape index (κ2) is 11.4. The summed E-state index contributed by atoms with van der Waals surface area (Å²) < 4.78 is 5.09. The van der Waals surface area contributed by atoms with Crippen molar-refractivity contribution in [2.24, 2.45) is 0 Å². The van der Waals surface area contributed by atoms with Crippen molar-refractivity contribution in [1.82, 2.24) is 4.57 Å². The van der Waals surface area contributed by atoms with Gasteiger partial charge in [0.05, 0.1) is 11.0 Å². The van der Waals surface area contributed by atoms with Gasteiger partial charge in [0.1, 0.15) is 0 Å². The first-order valence-corrected chi connectivity index (χ1v) is 19.4. The Morgan fingerprint density at radius 1 is 0.296 bits per heavy atom. The van der Waals surface area contributed by atoms with Crippen LogP contribution in [0.4, 0.5) is 0 Å². The number of para-hydroxylation sites is 1. The van der Waals surface area contributed by atoms with Crippen LogP contribution in [0.25, 0.3) is 114 Å². The Balaban J connectivity index is 0.946. The van der Waals surface area contributed by atoms with Crippen LogP contribution in [-0.2, 0) is 0 Å². The topological polar surface area (TPSA) is 4.93 Å². The number of hydrogen-bond acceptors (Lipinski definition) is 1. The third-order valence-corrected chi connectivity index (χ3v) is 12.7. The van der Waals surface area contributed by atoms with E-state index in [1.54, 1.807) is 0 Å². The molecule has 0 radical (unpaired) electrons. The van der Waals surface area contributed by atoms with E-state index in [9.17, 15) is 0 Å².